The molecule has 0 radical (unpaired) electrons. The number of rotatable bonds is 2. The van der Waals surface area contributed by atoms with Gasteiger partial charge < -0.3 is 24.8 Å². The Morgan fingerprint density at radius 2 is 0.879 bits per heavy atom. The van der Waals surface area contributed by atoms with Gasteiger partial charge in [0.1, 0.15) is 0 Å². The van der Waals surface area contributed by atoms with Gasteiger partial charge in [0.2, 0.25) is 0 Å². The molecular formula is C30H46Cl2Zr. The Balaban J connectivity index is 0.00000193. The van der Waals surface area contributed by atoms with E-state index in [-0.39, 0.29) is 24.8 Å². The Kier molecular flexibility index (Phi) is 15.3. The summed E-state index contributed by atoms with van der Waals surface area (Å²) in [7, 11) is 0. The maximum Gasteiger partial charge on any atom is -1.00 e. The molecule has 0 fully saturated rings. The molecule has 0 aliphatic heterocycles. The number of hydrogen-bond acceptors (Lipinski definition) is 0. The van der Waals surface area contributed by atoms with Crippen molar-refractivity contribution >= 4 is 0 Å². The van der Waals surface area contributed by atoms with Gasteiger partial charge in [-0.15, -0.1) is 0 Å². The Labute approximate surface area is 229 Å². The number of allylic oxidation sites excluding steroid dienone is 8. The standard InChI is InChI=1S/2C15H23.2ClH.Zr/c2*1-2-4-6-8-11-15-13-9-12-14(15)10-7-5-3-1;;;/h2*7,9-11,13-15H,1-6,8,12H2;2*1H;/q;;;;+2/p-2/b2*10-7+;;;. The van der Waals surface area contributed by atoms with E-state index >= 15 is 0 Å². The van der Waals surface area contributed by atoms with Crippen molar-refractivity contribution in [3.8, 4) is 0 Å². The van der Waals surface area contributed by atoms with Crippen LogP contribution in [0.15, 0.2) is 48.6 Å². The maximum atomic E-state index is 2.67. The van der Waals surface area contributed by atoms with Gasteiger partial charge in [0.15, 0.2) is 0 Å². The smallest absolute Gasteiger partial charge is 1.00 e. The second-order valence-corrected chi connectivity index (χ2v) is 15.2. The van der Waals surface area contributed by atoms with Crippen molar-refractivity contribution in [2.75, 3.05) is 0 Å². The van der Waals surface area contributed by atoms with E-state index < -0.39 is 23.2 Å². The van der Waals surface area contributed by atoms with E-state index in [0.29, 0.717) is 0 Å². The third kappa shape index (κ3) is 9.43. The van der Waals surface area contributed by atoms with Crippen LogP contribution in [-0.4, -0.2) is 0 Å². The Morgan fingerprint density at radius 1 is 0.455 bits per heavy atom. The molecule has 33 heavy (non-hydrogen) atoms. The first-order chi connectivity index (χ1) is 15.4. The molecule has 3 heteroatoms. The average molecular weight is 569 g/mol. The molecule has 0 bridgehead atoms. The molecule has 6 atom stereocenters. The Morgan fingerprint density at radius 3 is 1.36 bits per heavy atom. The summed E-state index contributed by atoms with van der Waals surface area (Å²) < 4.78 is 2.13. The largest absolute Gasteiger partial charge is 1.00 e. The van der Waals surface area contributed by atoms with Crippen LogP contribution in [0.4, 0.5) is 0 Å². The van der Waals surface area contributed by atoms with Gasteiger partial charge in [-0.2, -0.15) is 0 Å². The van der Waals surface area contributed by atoms with E-state index in [0.717, 1.165) is 30.9 Å². The third-order valence-corrected chi connectivity index (χ3v) is 13.8. The second-order valence-electron chi connectivity index (χ2n) is 10.7. The molecule has 4 rings (SSSR count). The summed E-state index contributed by atoms with van der Waals surface area (Å²) in [6.45, 7) is 0. The zero-order valence-corrected chi connectivity index (χ0v) is 24.6. The third-order valence-electron chi connectivity index (χ3n) is 8.42. The summed E-state index contributed by atoms with van der Waals surface area (Å²) in [5.41, 5.74) is 0. The van der Waals surface area contributed by atoms with Crippen molar-refractivity contribution in [1.29, 1.82) is 0 Å². The summed E-state index contributed by atoms with van der Waals surface area (Å²) in [6, 6.07) is 0. The predicted molar refractivity (Wildman–Crippen MR) is 132 cm³/mol. The van der Waals surface area contributed by atoms with Gasteiger partial charge in [0.05, 0.1) is 0 Å². The fourth-order valence-corrected chi connectivity index (χ4v) is 12.6. The van der Waals surface area contributed by atoms with Crippen molar-refractivity contribution in [3.63, 3.8) is 0 Å². The van der Waals surface area contributed by atoms with Crippen molar-refractivity contribution in [1.82, 2.24) is 0 Å². The topological polar surface area (TPSA) is 0 Å². The fraction of sp³-hybridized carbons (Fsp3) is 0.733. The van der Waals surface area contributed by atoms with Crippen LogP contribution in [0.2, 0.25) is 7.25 Å². The van der Waals surface area contributed by atoms with E-state index in [1.165, 1.54) is 89.9 Å². The summed E-state index contributed by atoms with van der Waals surface area (Å²) in [5.74, 6) is 3.41. The molecule has 0 N–H and O–H groups in total. The van der Waals surface area contributed by atoms with Crippen LogP contribution in [-0.2, 0) is 23.2 Å². The fourth-order valence-electron chi connectivity index (χ4n) is 6.57. The molecule has 0 aromatic carbocycles. The van der Waals surface area contributed by atoms with Crippen molar-refractivity contribution in [2.45, 2.75) is 110 Å². The minimum atomic E-state index is -0.476. The van der Waals surface area contributed by atoms with Crippen LogP contribution in [0.5, 0.6) is 0 Å². The van der Waals surface area contributed by atoms with Gasteiger partial charge in [0.25, 0.3) is 0 Å². The van der Waals surface area contributed by atoms with Gasteiger partial charge in [-0.3, -0.25) is 0 Å². The molecule has 184 valence electrons. The molecule has 0 amide bonds. The zero-order valence-electron chi connectivity index (χ0n) is 20.7. The van der Waals surface area contributed by atoms with Gasteiger partial charge in [-0.25, -0.2) is 0 Å². The molecule has 0 saturated heterocycles. The molecule has 0 saturated carbocycles. The van der Waals surface area contributed by atoms with Crippen LogP contribution in [0.1, 0.15) is 103 Å². The van der Waals surface area contributed by atoms with Crippen LogP contribution < -0.4 is 24.8 Å². The minimum Gasteiger partial charge on any atom is -1.00 e. The van der Waals surface area contributed by atoms with Gasteiger partial charge in [0, 0.05) is 0 Å². The first kappa shape index (κ1) is 29.7. The molecule has 0 aromatic rings. The average Bonchev–Trinajstić information content (AvgIpc) is 3.42. The minimum absolute atomic E-state index is 0. The molecule has 0 nitrogen and oxygen atoms in total. The van der Waals surface area contributed by atoms with E-state index in [2.05, 4.69) is 48.6 Å². The van der Waals surface area contributed by atoms with E-state index in [1.54, 1.807) is 12.8 Å². The van der Waals surface area contributed by atoms with Crippen LogP contribution in [0.3, 0.4) is 0 Å². The zero-order chi connectivity index (χ0) is 21.1. The molecule has 4 aliphatic rings. The second kappa shape index (κ2) is 17.0. The quantitative estimate of drug-likeness (QED) is 0.447. The van der Waals surface area contributed by atoms with Crippen LogP contribution in [0.25, 0.3) is 0 Å². The van der Waals surface area contributed by atoms with Crippen LogP contribution in [0, 0.1) is 23.7 Å². The molecule has 4 aliphatic carbocycles. The number of halogens is 2. The van der Waals surface area contributed by atoms with Crippen molar-refractivity contribution < 1.29 is 48.0 Å². The molecule has 0 aromatic heterocycles. The van der Waals surface area contributed by atoms with Gasteiger partial charge in [-0.05, 0) is 0 Å². The maximum absolute atomic E-state index is 2.67. The summed E-state index contributed by atoms with van der Waals surface area (Å²) in [4.78, 5) is 0. The molecular weight excluding hydrogens is 522 g/mol. The normalized spacial score (nSPS) is 37.2. The Bertz CT molecular complexity index is 583. The monoisotopic (exact) mass is 566 g/mol. The van der Waals surface area contributed by atoms with E-state index in [9.17, 15) is 0 Å². The SMILES string of the molecule is C1=CC2C(/C=C/CCCCCCC[CH]2[Zr+2][CH]2CCCCCCC/C=C/C3CC=CC32)C1.[Cl-].[Cl-]. The van der Waals surface area contributed by atoms with Crippen molar-refractivity contribution in [3.05, 3.63) is 48.6 Å². The first-order valence-electron chi connectivity index (χ1n) is 13.8. The van der Waals surface area contributed by atoms with E-state index in [1.807, 2.05) is 0 Å². The molecule has 0 spiro atoms. The summed E-state index contributed by atoms with van der Waals surface area (Å²) in [5, 5.41) is 0. The van der Waals surface area contributed by atoms with Crippen molar-refractivity contribution in [2.24, 2.45) is 23.7 Å². The van der Waals surface area contributed by atoms with Gasteiger partial charge >= 0.3 is 205 Å². The van der Waals surface area contributed by atoms with Gasteiger partial charge in [-0.1, -0.05) is 0 Å². The first-order valence-corrected chi connectivity index (χ1v) is 16.7. The summed E-state index contributed by atoms with van der Waals surface area (Å²) >= 11 is -0.476. The molecule has 0 heterocycles. The summed E-state index contributed by atoms with van der Waals surface area (Å²) in [6.07, 6.45) is 43.8. The Hall–Kier alpha value is 0.423. The number of fused-ring (bicyclic) bond motifs is 2. The number of hydrogen-bond donors (Lipinski definition) is 0. The van der Waals surface area contributed by atoms with Crippen LogP contribution >= 0.6 is 0 Å². The van der Waals surface area contributed by atoms with E-state index in [4.69, 9.17) is 0 Å². The molecule has 6 unspecified atom stereocenters. The predicted octanol–water partition coefficient (Wildman–Crippen LogP) is 3.64.